The lowest BCUT2D eigenvalue weighted by Crippen LogP contribution is -1.94. The summed E-state index contributed by atoms with van der Waals surface area (Å²) >= 11 is 0. The van der Waals surface area contributed by atoms with Gasteiger partial charge < -0.3 is 0 Å². The second-order valence-corrected chi connectivity index (χ2v) is 4.89. The molecule has 0 aliphatic carbocycles. The summed E-state index contributed by atoms with van der Waals surface area (Å²) in [5.41, 5.74) is 6.72. The fourth-order valence-electron chi connectivity index (χ4n) is 1.54. The van der Waals surface area contributed by atoms with Crippen molar-refractivity contribution in [2.45, 2.75) is 40.5 Å². The van der Waals surface area contributed by atoms with Gasteiger partial charge in [0.05, 0.1) is 0 Å². The third-order valence-corrected chi connectivity index (χ3v) is 2.70. The smallest absolute Gasteiger partial charge is 0.149 e. The van der Waals surface area contributed by atoms with Gasteiger partial charge in [-0.05, 0) is 58.2 Å². The summed E-state index contributed by atoms with van der Waals surface area (Å²) in [4.78, 5) is 4.21. The van der Waals surface area contributed by atoms with Crippen LogP contribution < -0.4 is 5.43 Å². The first-order chi connectivity index (χ1) is 9.09. The van der Waals surface area contributed by atoms with Gasteiger partial charge in [0.1, 0.15) is 5.82 Å². The Bertz CT molecular complexity index is 481. The van der Waals surface area contributed by atoms with Crippen LogP contribution in [-0.2, 0) is 0 Å². The first-order valence-corrected chi connectivity index (χ1v) is 6.59. The molecule has 0 fully saturated rings. The fraction of sp³-hybridized carbons (Fsp3) is 0.375. The molecular weight excluding hydrogens is 234 g/mol. The van der Waals surface area contributed by atoms with Crippen LogP contribution in [-0.4, -0.2) is 11.2 Å². The Kier molecular flexibility index (Phi) is 6.58. The van der Waals surface area contributed by atoms with Gasteiger partial charge in [-0.1, -0.05) is 23.3 Å². The Morgan fingerprint density at radius 2 is 2.16 bits per heavy atom. The Morgan fingerprint density at radius 3 is 2.84 bits per heavy atom. The van der Waals surface area contributed by atoms with Crippen LogP contribution in [0.3, 0.4) is 0 Å². The number of hydrogen-bond acceptors (Lipinski definition) is 3. The van der Waals surface area contributed by atoms with Crippen molar-refractivity contribution in [3.05, 3.63) is 47.2 Å². The topological polar surface area (TPSA) is 37.3 Å². The van der Waals surface area contributed by atoms with Crippen molar-refractivity contribution in [2.75, 3.05) is 5.43 Å². The molecule has 0 aliphatic rings. The van der Waals surface area contributed by atoms with E-state index in [2.05, 4.69) is 42.4 Å². The highest BCUT2D eigenvalue weighted by molar-refractivity contribution is 5.72. The zero-order valence-corrected chi connectivity index (χ0v) is 12.3. The van der Waals surface area contributed by atoms with Crippen molar-refractivity contribution in [3.8, 4) is 0 Å². The molecule has 19 heavy (non-hydrogen) atoms. The average Bonchev–Trinajstić information content (AvgIpc) is 2.36. The molecule has 0 saturated carbocycles. The normalized spacial score (nSPS) is 11.7. The van der Waals surface area contributed by atoms with Crippen LogP contribution in [0.1, 0.15) is 39.2 Å². The van der Waals surface area contributed by atoms with E-state index in [1.165, 1.54) is 11.1 Å². The third-order valence-electron chi connectivity index (χ3n) is 2.70. The summed E-state index contributed by atoms with van der Waals surface area (Å²) in [5, 5.41) is 4.16. The van der Waals surface area contributed by atoms with E-state index in [0.717, 1.165) is 24.2 Å². The molecule has 0 aromatic carbocycles. The summed E-state index contributed by atoms with van der Waals surface area (Å²) in [5.74, 6) is 0.800. The molecule has 1 N–H and O–H groups in total. The van der Waals surface area contributed by atoms with Crippen LogP contribution in [0.4, 0.5) is 5.82 Å². The monoisotopic (exact) mass is 257 g/mol. The largest absolute Gasteiger partial charge is 0.261 e. The summed E-state index contributed by atoms with van der Waals surface area (Å²) in [6.45, 7) is 8.38. The second-order valence-electron chi connectivity index (χ2n) is 4.89. The summed E-state index contributed by atoms with van der Waals surface area (Å²) < 4.78 is 0. The number of nitrogens with one attached hydrogen (secondary N) is 1. The van der Waals surface area contributed by atoms with E-state index in [1.807, 2.05) is 25.1 Å². The first-order valence-electron chi connectivity index (χ1n) is 6.59. The van der Waals surface area contributed by atoms with Gasteiger partial charge in [-0.25, -0.2) is 4.98 Å². The van der Waals surface area contributed by atoms with E-state index in [1.54, 1.807) is 12.4 Å². The molecule has 0 saturated heterocycles. The highest BCUT2D eigenvalue weighted by atomic mass is 15.3. The van der Waals surface area contributed by atoms with Crippen LogP contribution in [0.5, 0.6) is 0 Å². The van der Waals surface area contributed by atoms with Crippen molar-refractivity contribution >= 4 is 12.0 Å². The van der Waals surface area contributed by atoms with Gasteiger partial charge in [-0.3, -0.25) is 5.43 Å². The van der Waals surface area contributed by atoms with E-state index < -0.39 is 0 Å². The van der Waals surface area contributed by atoms with Crippen molar-refractivity contribution < 1.29 is 0 Å². The molecule has 0 atom stereocenters. The Morgan fingerprint density at radius 1 is 1.37 bits per heavy atom. The standard InChI is InChI=1S/C16H23N3/c1-13(2)7-5-8-14(3)10-12-18-19-16-15(4)9-6-11-17-16/h6-7,9-12H,5,8H2,1-4H3,(H,17,19)/b14-10-,18-12+. The molecule has 3 heteroatoms. The second kappa shape index (κ2) is 8.25. The lowest BCUT2D eigenvalue weighted by molar-refractivity contribution is 0.969. The number of anilines is 1. The number of aromatic nitrogens is 1. The molecule has 102 valence electrons. The average molecular weight is 257 g/mol. The van der Waals surface area contributed by atoms with Crippen LogP contribution >= 0.6 is 0 Å². The summed E-state index contributed by atoms with van der Waals surface area (Å²) in [6.07, 6.45) is 9.98. The molecular formula is C16H23N3. The SMILES string of the molecule is CC(C)=CCC/C(C)=C\C=N\Nc1ncccc1C. The van der Waals surface area contributed by atoms with Crippen molar-refractivity contribution in [1.82, 2.24) is 4.98 Å². The van der Waals surface area contributed by atoms with Crippen LogP contribution in [0.15, 0.2) is 46.7 Å². The maximum Gasteiger partial charge on any atom is 0.149 e. The zero-order valence-electron chi connectivity index (χ0n) is 12.3. The molecule has 0 aliphatic heterocycles. The molecule has 1 rings (SSSR count). The highest BCUT2D eigenvalue weighted by Crippen LogP contribution is 2.09. The molecule has 0 amide bonds. The van der Waals surface area contributed by atoms with E-state index in [0.29, 0.717) is 0 Å². The lowest BCUT2D eigenvalue weighted by Gasteiger charge is -2.01. The number of hydrazone groups is 1. The third kappa shape index (κ3) is 6.55. The Labute approximate surface area is 116 Å². The van der Waals surface area contributed by atoms with Crippen LogP contribution in [0.2, 0.25) is 0 Å². The summed E-state index contributed by atoms with van der Waals surface area (Å²) in [6, 6.07) is 3.92. The van der Waals surface area contributed by atoms with Crippen molar-refractivity contribution in [2.24, 2.45) is 5.10 Å². The predicted octanol–water partition coefficient (Wildman–Crippen LogP) is 4.48. The van der Waals surface area contributed by atoms with E-state index in [9.17, 15) is 0 Å². The minimum absolute atomic E-state index is 0.800. The van der Waals surface area contributed by atoms with Gasteiger partial charge in [-0.15, -0.1) is 0 Å². The minimum atomic E-state index is 0.800. The molecule has 0 spiro atoms. The number of allylic oxidation sites excluding steroid dienone is 4. The molecule has 0 unspecified atom stereocenters. The van der Waals surface area contributed by atoms with Gasteiger partial charge in [0.15, 0.2) is 0 Å². The van der Waals surface area contributed by atoms with Crippen molar-refractivity contribution in [3.63, 3.8) is 0 Å². The van der Waals surface area contributed by atoms with E-state index in [4.69, 9.17) is 0 Å². The van der Waals surface area contributed by atoms with Gasteiger partial charge in [0, 0.05) is 12.4 Å². The van der Waals surface area contributed by atoms with Gasteiger partial charge in [0.25, 0.3) is 0 Å². The van der Waals surface area contributed by atoms with Crippen molar-refractivity contribution in [1.29, 1.82) is 0 Å². The van der Waals surface area contributed by atoms with Crippen LogP contribution in [0.25, 0.3) is 0 Å². The molecule has 1 aromatic rings. The molecule has 1 heterocycles. The van der Waals surface area contributed by atoms with Gasteiger partial charge in [0.2, 0.25) is 0 Å². The van der Waals surface area contributed by atoms with E-state index in [-0.39, 0.29) is 0 Å². The Hall–Kier alpha value is -1.90. The van der Waals surface area contributed by atoms with Gasteiger partial charge >= 0.3 is 0 Å². The zero-order chi connectivity index (χ0) is 14.1. The molecule has 0 radical (unpaired) electrons. The Balaban J connectivity index is 2.41. The lowest BCUT2D eigenvalue weighted by atomic mass is 10.1. The number of pyridine rings is 1. The van der Waals surface area contributed by atoms with E-state index >= 15 is 0 Å². The minimum Gasteiger partial charge on any atom is -0.261 e. The first kappa shape index (κ1) is 15.2. The van der Waals surface area contributed by atoms with Gasteiger partial charge in [-0.2, -0.15) is 5.10 Å². The quantitative estimate of drug-likeness (QED) is 0.463. The molecule has 3 nitrogen and oxygen atoms in total. The maximum absolute atomic E-state index is 4.21. The number of nitrogens with zero attached hydrogens (tertiary/aromatic N) is 2. The number of aryl methyl sites for hydroxylation is 1. The predicted molar refractivity (Wildman–Crippen MR) is 83.5 cm³/mol. The fourth-order valence-corrected chi connectivity index (χ4v) is 1.54. The van der Waals surface area contributed by atoms with Crippen LogP contribution in [0, 0.1) is 6.92 Å². The molecule has 0 bridgehead atoms. The number of rotatable bonds is 6. The summed E-state index contributed by atoms with van der Waals surface area (Å²) in [7, 11) is 0. The molecule has 1 aromatic heterocycles. The highest BCUT2D eigenvalue weighted by Gasteiger charge is 1.93. The maximum atomic E-state index is 4.21. The number of hydrogen-bond donors (Lipinski definition) is 1.